The minimum atomic E-state index is 0.588. The molecular formula is C14H18BrNO. The molecule has 0 N–H and O–H groups in total. The Bertz CT molecular complexity index is 393. The molecule has 0 aliphatic carbocycles. The summed E-state index contributed by atoms with van der Waals surface area (Å²) in [5.41, 5.74) is 1.99. The van der Waals surface area contributed by atoms with Gasteiger partial charge in [-0.25, -0.2) is 0 Å². The van der Waals surface area contributed by atoms with Crippen LogP contribution in [-0.4, -0.2) is 31.2 Å². The Balaban J connectivity index is 1.55. The topological polar surface area (TPSA) is 12.5 Å². The third-order valence-corrected chi connectivity index (χ3v) is 4.46. The van der Waals surface area contributed by atoms with Crippen LogP contribution in [0.1, 0.15) is 18.4 Å². The Hall–Kier alpha value is -0.380. The van der Waals surface area contributed by atoms with E-state index in [1.165, 1.54) is 36.0 Å². The molecule has 2 aliphatic heterocycles. The maximum atomic E-state index is 5.45. The van der Waals surface area contributed by atoms with E-state index < -0.39 is 0 Å². The molecule has 0 radical (unpaired) electrons. The Kier molecular flexibility index (Phi) is 3.24. The molecule has 1 aromatic carbocycles. The molecule has 2 aliphatic rings. The summed E-state index contributed by atoms with van der Waals surface area (Å²) in [5, 5.41) is 0. The molecule has 0 bridgehead atoms. The summed E-state index contributed by atoms with van der Waals surface area (Å²) in [6, 6.07) is 8.62. The first-order chi connectivity index (χ1) is 8.26. The van der Waals surface area contributed by atoms with Crippen molar-refractivity contribution in [1.29, 1.82) is 0 Å². The number of halogens is 1. The van der Waals surface area contributed by atoms with Gasteiger partial charge >= 0.3 is 0 Å². The largest absolute Gasteiger partial charge is 0.381 e. The van der Waals surface area contributed by atoms with Crippen LogP contribution in [0.5, 0.6) is 0 Å². The maximum absolute atomic E-state index is 5.45. The predicted octanol–water partition coefficient (Wildman–Crippen LogP) is 3.06. The highest BCUT2D eigenvalue weighted by Gasteiger charge is 2.43. The molecule has 1 spiro atoms. The van der Waals surface area contributed by atoms with Gasteiger partial charge in [0, 0.05) is 42.7 Å². The van der Waals surface area contributed by atoms with Crippen LogP contribution in [0.3, 0.4) is 0 Å². The van der Waals surface area contributed by atoms with Crippen LogP contribution in [0.15, 0.2) is 28.7 Å². The van der Waals surface area contributed by atoms with Crippen molar-refractivity contribution in [2.45, 2.75) is 19.4 Å². The summed E-state index contributed by atoms with van der Waals surface area (Å²) < 4.78 is 6.62. The van der Waals surface area contributed by atoms with E-state index in [1.807, 2.05) is 0 Å². The molecule has 2 fully saturated rings. The summed E-state index contributed by atoms with van der Waals surface area (Å²) in [6.45, 7) is 5.52. The van der Waals surface area contributed by atoms with Crippen molar-refractivity contribution in [2.24, 2.45) is 5.41 Å². The third kappa shape index (κ3) is 2.56. The number of benzene rings is 1. The smallest absolute Gasteiger partial charge is 0.0472 e. The zero-order valence-corrected chi connectivity index (χ0v) is 11.6. The lowest BCUT2D eigenvalue weighted by atomic mass is 9.73. The van der Waals surface area contributed by atoms with Gasteiger partial charge in [0.1, 0.15) is 0 Å². The van der Waals surface area contributed by atoms with E-state index in [0.29, 0.717) is 5.41 Å². The zero-order valence-electron chi connectivity index (χ0n) is 9.99. The normalized spacial score (nSPS) is 23.6. The Morgan fingerprint density at radius 3 is 2.71 bits per heavy atom. The van der Waals surface area contributed by atoms with E-state index >= 15 is 0 Å². The van der Waals surface area contributed by atoms with Crippen molar-refractivity contribution in [3.8, 4) is 0 Å². The first kappa shape index (κ1) is 11.7. The van der Waals surface area contributed by atoms with Gasteiger partial charge in [-0.1, -0.05) is 28.1 Å². The van der Waals surface area contributed by atoms with Crippen LogP contribution in [0.2, 0.25) is 0 Å². The summed E-state index contributed by atoms with van der Waals surface area (Å²) >= 11 is 3.53. The van der Waals surface area contributed by atoms with E-state index in [1.54, 1.807) is 0 Å². The van der Waals surface area contributed by atoms with Crippen LogP contribution in [0.4, 0.5) is 0 Å². The van der Waals surface area contributed by atoms with E-state index in [4.69, 9.17) is 4.74 Å². The quantitative estimate of drug-likeness (QED) is 0.831. The average molecular weight is 296 g/mol. The highest BCUT2D eigenvalue weighted by molar-refractivity contribution is 9.10. The van der Waals surface area contributed by atoms with Crippen molar-refractivity contribution in [3.05, 3.63) is 34.3 Å². The molecule has 92 valence electrons. The average Bonchev–Trinajstić information content (AvgIpc) is 2.28. The summed E-state index contributed by atoms with van der Waals surface area (Å²) in [4.78, 5) is 2.55. The van der Waals surface area contributed by atoms with E-state index in [0.717, 1.165) is 19.8 Å². The Labute approximate surface area is 111 Å². The van der Waals surface area contributed by atoms with E-state index in [-0.39, 0.29) is 0 Å². The molecule has 0 aromatic heterocycles. The summed E-state index contributed by atoms with van der Waals surface area (Å²) in [6.07, 6.45) is 2.50. The molecule has 0 unspecified atom stereocenters. The van der Waals surface area contributed by atoms with Gasteiger partial charge in [-0.15, -0.1) is 0 Å². The molecule has 3 rings (SSSR count). The first-order valence-corrected chi connectivity index (χ1v) is 7.10. The monoisotopic (exact) mass is 295 g/mol. The second kappa shape index (κ2) is 4.71. The Morgan fingerprint density at radius 2 is 2.00 bits per heavy atom. The second-order valence-corrected chi connectivity index (χ2v) is 6.30. The third-order valence-electron chi connectivity index (χ3n) is 3.97. The molecule has 0 atom stereocenters. The van der Waals surface area contributed by atoms with Crippen LogP contribution in [0, 0.1) is 5.41 Å². The van der Waals surface area contributed by atoms with Crippen LogP contribution >= 0.6 is 15.9 Å². The fraction of sp³-hybridized carbons (Fsp3) is 0.571. The second-order valence-electron chi connectivity index (χ2n) is 5.39. The number of hydrogen-bond acceptors (Lipinski definition) is 2. The highest BCUT2D eigenvalue weighted by atomic mass is 79.9. The minimum Gasteiger partial charge on any atom is -0.381 e. The van der Waals surface area contributed by atoms with Crippen molar-refractivity contribution in [2.75, 3.05) is 26.3 Å². The van der Waals surface area contributed by atoms with Gasteiger partial charge in [0.2, 0.25) is 0 Å². The van der Waals surface area contributed by atoms with Crippen LogP contribution in [-0.2, 0) is 11.3 Å². The predicted molar refractivity (Wildman–Crippen MR) is 71.9 cm³/mol. The fourth-order valence-electron chi connectivity index (χ4n) is 3.03. The fourth-order valence-corrected chi connectivity index (χ4v) is 3.47. The molecule has 0 saturated carbocycles. The van der Waals surface area contributed by atoms with E-state index in [2.05, 4.69) is 45.1 Å². The van der Waals surface area contributed by atoms with Crippen LogP contribution < -0.4 is 0 Å². The first-order valence-electron chi connectivity index (χ1n) is 6.30. The van der Waals surface area contributed by atoms with Gasteiger partial charge in [-0.2, -0.15) is 0 Å². The van der Waals surface area contributed by atoms with Crippen LogP contribution in [0.25, 0.3) is 0 Å². The molecule has 2 nitrogen and oxygen atoms in total. The van der Waals surface area contributed by atoms with Gasteiger partial charge in [0.15, 0.2) is 0 Å². The lowest BCUT2D eigenvalue weighted by Crippen LogP contribution is -2.57. The van der Waals surface area contributed by atoms with Gasteiger partial charge in [0.25, 0.3) is 0 Å². The molecule has 0 amide bonds. The van der Waals surface area contributed by atoms with Gasteiger partial charge < -0.3 is 4.74 Å². The van der Waals surface area contributed by atoms with Crippen molar-refractivity contribution in [3.63, 3.8) is 0 Å². The van der Waals surface area contributed by atoms with Crippen molar-refractivity contribution >= 4 is 15.9 Å². The SMILES string of the molecule is Brc1cccc(CN2CC3(CCOCC3)C2)c1. The lowest BCUT2D eigenvalue weighted by Gasteiger charge is -2.52. The summed E-state index contributed by atoms with van der Waals surface area (Å²) in [5.74, 6) is 0. The molecule has 2 heterocycles. The molecule has 2 saturated heterocycles. The number of nitrogens with zero attached hydrogens (tertiary/aromatic N) is 1. The minimum absolute atomic E-state index is 0.588. The number of likely N-dealkylation sites (tertiary alicyclic amines) is 1. The zero-order chi connectivity index (χ0) is 11.7. The lowest BCUT2D eigenvalue weighted by molar-refractivity contribution is -0.0839. The molecule has 17 heavy (non-hydrogen) atoms. The van der Waals surface area contributed by atoms with Gasteiger partial charge in [-0.05, 0) is 30.5 Å². The number of hydrogen-bond donors (Lipinski definition) is 0. The molecular weight excluding hydrogens is 278 g/mol. The summed E-state index contributed by atoms with van der Waals surface area (Å²) in [7, 11) is 0. The van der Waals surface area contributed by atoms with E-state index in [9.17, 15) is 0 Å². The van der Waals surface area contributed by atoms with Gasteiger partial charge in [0.05, 0.1) is 0 Å². The van der Waals surface area contributed by atoms with Crippen molar-refractivity contribution < 1.29 is 4.74 Å². The molecule has 1 aromatic rings. The Morgan fingerprint density at radius 1 is 1.24 bits per heavy atom. The van der Waals surface area contributed by atoms with Crippen molar-refractivity contribution in [1.82, 2.24) is 4.90 Å². The number of rotatable bonds is 2. The van der Waals surface area contributed by atoms with Gasteiger partial charge in [-0.3, -0.25) is 4.90 Å². The number of ether oxygens (including phenoxy) is 1. The highest BCUT2D eigenvalue weighted by Crippen LogP contribution is 2.40. The standard InChI is InChI=1S/C14H18BrNO/c15-13-3-1-2-12(8-13)9-16-10-14(11-16)4-6-17-7-5-14/h1-3,8H,4-7,9-11H2. The molecule has 3 heteroatoms. The maximum Gasteiger partial charge on any atom is 0.0472 e.